The number of aliphatic hydroxyl groups is 1. The fourth-order valence-corrected chi connectivity index (χ4v) is 3.00. The van der Waals surface area contributed by atoms with Crippen LogP contribution in [0.5, 0.6) is 0 Å². The molecule has 2 aromatic rings. The summed E-state index contributed by atoms with van der Waals surface area (Å²) in [4.78, 5) is 14.2. The molecule has 1 N–H and O–H groups in total. The van der Waals surface area contributed by atoms with Crippen molar-refractivity contribution in [1.29, 1.82) is 0 Å². The minimum Gasteiger partial charge on any atom is -0.388 e. The number of amides is 1. The molecule has 1 amide bonds. The second kappa shape index (κ2) is 4.46. The zero-order valence-corrected chi connectivity index (χ0v) is 12.2. The number of carbonyl (C=O) groups is 1. The summed E-state index contributed by atoms with van der Waals surface area (Å²) >= 11 is 6.16. The Morgan fingerprint density at radius 1 is 1.55 bits per heavy atom. The monoisotopic (exact) mass is 293 g/mol. The Kier molecular flexibility index (Phi) is 2.99. The second-order valence-electron chi connectivity index (χ2n) is 5.61. The lowest BCUT2D eigenvalue weighted by Gasteiger charge is -2.18. The van der Waals surface area contributed by atoms with Gasteiger partial charge >= 0.3 is 0 Å². The summed E-state index contributed by atoms with van der Waals surface area (Å²) < 4.78 is 1.62. The molecule has 0 bridgehead atoms. The van der Waals surface area contributed by atoms with Crippen molar-refractivity contribution in [3.05, 3.63) is 34.6 Å². The van der Waals surface area contributed by atoms with Gasteiger partial charge < -0.3 is 10.0 Å². The Labute approximate surface area is 121 Å². The first-order chi connectivity index (χ1) is 9.39. The molecule has 0 radical (unpaired) electrons. The highest BCUT2D eigenvalue weighted by Gasteiger charge is 2.35. The van der Waals surface area contributed by atoms with Crippen LogP contribution in [0, 0.1) is 6.92 Å². The van der Waals surface area contributed by atoms with E-state index < -0.39 is 5.60 Å². The molecule has 1 atom stereocenters. The highest BCUT2D eigenvalue weighted by Crippen LogP contribution is 2.27. The van der Waals surface area contributed by atoms with E-state index >= 15 is 0 Å². The van der Waals surface area contributed by atoms with Crippen molar-refractivity contribution >= 4 is 23.0 Å². The lowest BCUT2D eigenvalue weighted by molar-refractivity contribution is 0.0572. The summed E-state index contributed by atoms with van der Waals surface area (Å²) in [5, 5.41) is 14.7. The van der Waals surface area contributed by atoms with E-state index in [2.05, 4.69) is 5.10 Å². The number of β-amino-alcohol motifs (C(OH)–C–C–N with tert-alkyl or cyclic N) is 1. The van der Waals surface area contributed by atoms with Gasteiger partial charge in [-0.1, -0.05) is 11.6 Å². The van der Waals surface area contributed by atoms with Crippen LogP contribution in [0.3, 0.4) is 0 Å². The smallest absolute Gasteiger partial charge is 0.255 e. The first kappa shape index (κ1) is 13.4. The third kappa shape index (κ3) is 2.07. The Morgan fingerprint density at radius 2 is 2.30 bits per heavy atom. The molecular formula is C14H16ClN3O2. The van der Waals surface area contributed by atoms with E-state index in [-0.39, 0.29) is 5.91 Å². The number of carbonyl (C=O) groups excluding carboxylic acids is 1. The van der Waals surface area contributed by atoms with Gasteiger partial charge in [-0.3, -0.25) is 4.79 Å². The molecule has 3 heterocycles. The number of likely N-dealkylation sites (tertiary alicyclic amines) is 1. The zero-order valence-electron chi connectivity index (χ0n) is 11.4. The maximum atomic E-state index is 12.6. The molecule has 1 aliphatic rings. The summed E-state index contributed by atoms with van der Waals surface area (Å²) in [6.45, 7) is 4.55. The number of rotatable bonds is 1. The van der Waals surface area contributed by atoms with Crippen molar-refractivity contribution < 1.29 is 9.90 Å². The Balaban J connectivity index is 2.01. The van der Waals surface area contributed by atoms with Gasteiger partial charge in [0.15, 0.2) is 0 Å². The van der Waals surface area contributed by atoms with E-state index in [1.165, 1.54) is 0 Å². The van der Waals surface area contributed by atoms with Gasteiger partial charge in [-0.05, 0) is 31.9 Å². The minimum atomic E-state index is -0.793. The molecule has 0 aliphatic carbocycles. The van der Waals surface area contributed by atoms with Crippen LogP contribution in [-0.2, 0) is 0 Å². The number of fused-ring (bicyclic) bond motifs is 1. The molecule has 0 unspecified atom stereocenters. The fraction of sp³-hybridized carbons (Fsp3) is 0.429. The lowest BCUT2D eigenvalue weighted by atomic mass is 10.1. The third-order valence-electron chi connectivity index (χ3n) is 3.85. The SMILES string of the molecule is Cc1c(C(=O)N2CC[C@](C)(O)C2)cn2nccc(Cl)c12. The van der Waals surface area contributed by atoms with E-state index in [1.807, 2.05) is 6.92 Å². The number of nitrogens with zero attached hydrogens (tertiary/aromatic N) is 3. The summed E-state index contributed by atoms with van der Waals surface area (Å²) in [6, 6.07) is 1.71. The quantitative estimate of drug-likeness (QED) is 0.873. The van der Waals surface area contributed by atoms with Crippen LogP contribution < -0.4 is 0 Å². The van der Waals surface area contributed by atoms with Gasteiger partial charge in [0.05, 0.1) is 21.7 Å². The molecular weight excluding hydrogens is 278 g/mol. The van der Waals surface area contributed by atoms with E-state index in [1.54, 1.807) is 34.8 Å². The van der Waals surface area contributed by atoms with Crippen LogP contribution in [0.4, 0.5) is 0 Å². The highest BCUT2D eigenvalue weighted by atomic mass is 35.5. The minimum absolute atomic E-state index is 0.0816. The predicted octanol–water partition coefficient (Wildman–Crippen LogP) is 1.89. The number of halogens is 1. The van der Waals surface area contributed by atoms with E-state index in [0.717, 1.165) is 11.1 Å². The molecule has 1 fully saturated rings. The van der Waals surface area contributed by atoms with Crippen LogP contribution in [0.15, 0.2) is 18.5 Å². The van der Waals surface area contributed by atoms with Crippen molar-refractivity contribution in [2.75, 3.05) is 13.1 Å². The van der Waals surface area contributed by atoms with Gasteiger partial charge in [0.2, 0.25) is 0 Å². The van der Waals surface area contributed by atoms with Gasteiger partial charge in [-0.15, -0.1) is 0 Å². The first-order valence-corrected chi connectivity index (χ1v) is 6.91. The predicted molar refractivity (Wildman–Crippen MR) is 76.1 cm³/mol. The van der Waals surface area contributed by atoms with Crippen LogP contribution in [0.25, 0.3) is 5.52 Å². The highest BCUT2D eigenvalue weighted by molar-refractivity contribution is 6.34. The summed E-state index contributed by atoms with van der Waals surface area (Å²) in [5.74, 6) is -0.0816. The number of aromatic nitrogens is 2. The third-order valence-corrected chi connectivity index (χ3v) is 4.15. The molecule has 6 heteroatoms. The molecule has 2 aromatic heterocycles. The maximum Gasteiger partial charge on any atom is 0.255 e. The van der Waals surface area contributed by atoms with Crippen molar-refractivity contribution in [1.82, 2.24) is 14.5 Å². The van der Waals surface area contributed by atoms with Gasteiger partial charge in [0, 0.05) is 25.5 Å². The van der Waals surface area contributed by atoms with Crippen LogP contribution in [0.1, 0.15) is 29.3 Å². The van der Waals surface area contributed by atoms with Gasteiger partial charge in [-0.2, -0.15) is 5.10 Å². The lowest BCUT2D eigenvalue weighted by Crippen LogP contribution is -2.34. The fourth-order valence-electron chi connectivity index (χ4n) is 2.72. The van der Waals surface area contributed by atoms with E-state index in [0.29, 0.717) is 30.1 Å². The Bertz CT molecular complexity index is 693. The zero-order chi connectivity index (χ0) is 14.5. The maximum absolute atomic E-state index is 12.6. The molecule has 20 heavy (non-hydrogen) atoms. The molecule has 0 saturated carbocycles. The largest absolute Gasteiger partial charge is 0.388 e. The standard InChI is InChI=1S/C14H16ClN3O2/c1-9-10(7-18-12(9)11(15)3-5-16-18)13(19)17-6-4-14(2,20)8-17/h3,5,7,20H,4,6,8H2,1-2H3/t14-/m0/s1. The average molecular weight is 294 g/mol. The first-order valence-electron chi connectivity index (χ1n) is 6.53. The van der Waals surface area contributed by atoms with Crippen LogP contribution >= 0.6 is 11.6 Å². The normalized spacial score (nSPS) is 22.7. The molecule has 3 rings (SSSR count). The molecule has 0 aromatic carbocycles. The average Bonchev–Trinajstić information content (AvgIpc) is 2.90. The van der Waals surface area contributed by atoms with Gasteiger partial charge in [0.25, 0.3) is 5.91 Å². The van der Waals surface area contributed by atoms with Crippen LogP contribution in [-0.4, -0.2) is 44.2 Å². The summed E-state index contributed by atoms with van der Waals surface area (Å²) in [7, 11) is 0. The Morgan fingerprint density at radius 3 is 2.90 bits per heavy atom. The van der Waals surface area contributed by atoms with Crippen molar-refractivity contribution in [2.24, 2.45) is 0 Å². The Hall–Kier alpha value is -1.59. The molecule has 1 aliphatic heterocycles. The molecule has 1 saturated heterocycles. The van der Waals surface area contributed by atoms with Crippen molar-refractivity contribution in [3.63, 3.8) is 0 Å². The molecule has 5 nitrogen and oxygen atoms in total. The van der Waals surface area contributed by atoms with Crippen molar-refractivity contribution in [2.45, 2.75) is 25.9 Å². The number of hydrogen-bond donors (Lipinski definition) is 1. The van der Waals surface area contributed by atoms with Gasteiger partial charge in [0.1, 0.15) is 0 Å². The summed E-state index contributed by atoms with van der Waals surface area (Å²) in [6.07, 6.45) is 3.90. The number of hydrogen-bond acceptors (Lipinski definition) is 3. The van der Waals surface area contributed by atoms with Crippen LogP contribution in [0.2, 0.25) is 5.02 Å². The topological polar surface area (TPSA) is 57.8 Å². The summed E-state index contributed by atoms with van der Waals surface area (Å²) in [5.41, 5.74) is 1.37. The van der Waals surface area contributed by atoms with E-state index in [4.69, 9.17) is 11.6 Å². The second-order valence-corrected chi connectivity index (χ2v) is 6.02. The number of aryl methyl sites for hydroxylation is 1. The molecule has 106 valence electrons. The van der Waals surface area contributed by atoms with Crippen molar-refractivity contribution in [3.8, 4) is 0 Å². The molecule has 0 spiro atoms. The van der Waals surface area contributed by atoms with Gasteiger partial charge in [-0.25, -0.2) is 4.52 Å². The van der Waals surface area contributed by atoms with E-state index in [9.17, 15) is 9.90 Å².